The lowest BCUT2D eigenvalue weighted by molar-refractivity contribution is -0.150. The normalized spacial score (nSPS) is 16.5. The van der Waals surface area contributed by atoms with Crippen molar-refractivity contribution in [3.63, 3.8) is 0 Å². The van der Waals surface area contributed by atoms with Gasteiger partial charge in [-0.2, -0.15) is 0 Å². The Hall–Kier alpha value is -4.37. The molecule has 0 radical (unpaired) electrons. The predicted molar refractivity (Wildman–Crippen MR) is 157 cm³/mol. The van der Waals surface area contributed by atoms with Gasteiger partial charge in [0.2, 0.25) is 11.8 Å². The monoisotopic (exact) mass is 574 g/mol. The van der Waals surface area contributed by atoms with Crippen LogP contribution in [0.4, 0.5) is 0 Å². The van der Waals surface area contributed by atoms with E-state index in [0.29, 0.717) is 6.42 Å². The molecule has 0 bridgehead atoms. The Morgan fingerprint density at radius 2 is 1.38 bits per heavy atom. The SMILES string of the molecule is CNC(=O)CCC(=O)O[C@@H]1CC(COC(c2ccccc2)(c2ccc(OC)cc2)c2ccc(OC)cc2)N(C(C)=O)C1. The van der Waals surface area contributed by atoms with Crippen molar-refractivity contribution in [1.29, 1.82) is 0 Å². The summed E-state index contributed by atoms with van der Waals surface area (Å²) in [5, 5.41) is 2.50. The number of nitrogens with zero attached hydrogens (tertiary/aromatic N) is 1. The second-order valence-corrected chi connectivity index (χ2v) is 10.2. The average Bonchev–Trinajstić information content (AvgIpc) is 3.44. The second kappa shape index (κ2) is 14.0. The predicted octanol–water partition coefficient (Wildman–Crippen LogP) is 4.07. The molecule has 1 N–H and O–H groups in total. The van der Waals surface area contributed by atoms with Crippen LogP contribution in [0.15, 0.2) is 78.9 Å². The van der Waals surface area contributed by atoms with E-state index < -0.39 is 17.7 Å². The van der Waals surface area contributed by atoms with Crippen molar-refractivity contribution in [2.75, 3.05) is 34.4 Å². The Balaban J connectivity index is 1.67. The molecule has 0 aliphatic carbocycles. The second-order valence-electron chi connectivity index (χ2n) is 10.2. The Morgan fingerprint density at radius 3 is 1.88 bits per heavy atom. The van der Waals surface area contributed by atoms with Crippen molar-refractivity contribution >= 4 is 17.8 Å². The number of methoxy groups -OCH3 is 2. The first kappa shape index (κ1) is 30.6. The molecule has 0 aromatic heterocycles. The lowest BCUT2D eigenvalue weighted by Crippen LogP contribution is -2.41. The molecule has 1 aliphatic heterocycles. The third-order valence-corrected chi connectivity index (χ3v) is 7.58. The first-order valence-corrected chi connectivity index (χ1v) is 14.0. The molecule has 3 aromatic rings. The number of esters is 1. The minimum atomic E-state index is -1.04. The molecule has 42 heavy (non-hydrogen) atoms. The zero-order valence-corrected chi connectivity index (χ0v) is 24.5. The van der Waals surface area contributed by atoms with E-state index in [9.17, 15) is 14.4 Å². The van der Waals surface area contributed by atoms with Crippen LogP contribution in [0.3, 0.4) is 0 Å². The van der Waals surface area contributed by atoms with Gasteiger partial charge in [-0.3, -0.25) is 14.4 Å². The number of nitrogens with one attached hydrogen (secondary N) is 1. The molecule has 1 unspecified atom stereocenters. The van der Waals surface area contributed by atoms with Gasteiger partial charge in [0.25, 0.3) is 0 Å². The molecule has 9 heteroatoms. The molecule has 3 aromatic carbocycles. The summed E-state index contributed by atoms with van der Waals surface area (Å²) in [6.07, 6.45) is -0.0491. The summed E-state index contributed by atoms with van der Waals surface area (Å²) in [5.74, 6) is 0.602. The van der Waals surface area contributed by atoms with Crippen LogP contribution in [-0.2, 0) is 29.5 Å². The van der Waals surface area contributed by atoms with Crippen molar-refractivity contribution in [3.05, 3.63) is 95.6 Å². The van der Waals surface area contributed by atoms with Crippen LogP contribution in [-0.4, -0.2) is 69.2 Å². The number of likely N-dealkylation sites (tertiary alicyclic amines) is 1. The van der Waals surface area contributed by atoms with Crippen molar-refractivity contribution in [2.45, 2.75) is 43.9 Å². The largest absolute Gasteiger partial charge is 0.497 e. The molecule has 1 heterocycles. The fraction of sp³-hybridized carbons (Fsp3) is 0.364. The number of hydrogen-bond donors (Lipinski definition) is 1. The van der Waals surface area contributed by atoms with E-state index in [1.54, 1.807) is 19.1 Å². The van der Waals surface area contributed by atoms with Gasteiger partial charge in [-0.25, -0.2) is 0 Å². The van der Waals surface area contributed by atoms with Gasteiger partial charge in [0.15, 0.2) is 0 Å². The van der Waals surface area contributed by atoms with Gasteiger partial charge >= 0.3 is 5.97 Å². The minimum Gasteiger partial charge on any atom is -0.497 e. The molecule has 9 nitrogen and oxygen atoms in total. The van der Waals surface area contributed by atoms with Gasteiger partial charge in [-0.1, -0.05) is 54.6 Å². The van der Waals surface area contributed by atoms with Crippen molar-refractivity contribution in [1.82, 2.24) is 10.2 Å². The highest BCUT2D eigenvalue weighted by Gasteiger charge is 2.42. The molecular weight excluding hydrogens is 536 g/mol. The molecular formula is C33H38N2O7. The summed E-state index contributed by atoms with van der Waals surface area (Å²) in [4.78, 5) is 38.3. The van der Waals surface area contributed by atoms with Crippen LogP contribution in [0.5, 0.6) is 11.5 Å². The fourth-order valence-corrected chi connectivity index (χ4v) is 5.38. The third kappa shape index (κ3) is 6.91. The van der Waals surface area contributed by atoms with E-state index in [-0.39, 0.29) is 43.8 Å². The number of rotatable bonds is 12. The van der Waals surface area contributed by atoms with E-state index in [0.717, 1.165) is 28.2 Å². The summed E-state index contributed by atoms with van der Waals surface area (Å²) in [6.45, 7) is 1.94. The number of amides is 2. The molecule has 0 saturated carbocycles. The molecule has 222 valence electrons. The van der Waals surface area contributed by atoms with Gasteiger partial charge in [0.1, 0.15) is 23.2 Å². The minimum absolute atomic E-state index is 0.0243. The van der Waals surface area contributed by atoms with Gasteiger partial charge in [0, 0.05) is 26.8 Å². The molecule has 2 amide bonds. The number of carbonyl (C=O) groups excluding carboxylic acids is 3. The standard InChI is InChI=1S/C33H38N2O7/c1-23(36)35-21-30(42-32(38)19-18-31(37)34-2)20-27(35)22-41-33(24-8-6-5-7-9-24,25-10-14-28(39-3)15-11-25)26-12-16-29(40-4)17-13-26/h5-17,27,30H,18-22H2,1-4H3,(H,34,37)/t27?,30-/m1/s1. The van der Waals surface area contributed by atoms with E-state index in [1.807, 2.05) is 78.9 Å². The first-order valence-electron chi connectivity index (χ1n) is 14.0. The van der Waals surface area contributed by atoms with Crippen molar-refractivity contribution in [2.24, 2.45) is 0 Å². The highest BCUT2D eigenvalue weighted by molar-refractivity contribution is 5.81. The summed E-state index contributed by atoms with van der Waals surface area (Å²) in [6, 6.07) is 25.1. The smallest absolute Gasteiger partial charge is 0.306 e. The summed E-state index contributed by atoms with van der Waals surface area (Å²) < 4.78 is 23.5. The van der Waals surface area contributed by atoms with Crippen LogP contribution in [0.2, 0.25) is 0 Å². The molecule has 4 rings (SSSR count). The van der Waals surface area contributed by atoms with Crippen LogP contribution in [0, 0.1) is 0 Å². The quantitative estimate of drug-likeness (QED) is 0.257. The Bertz CT molecular complexity index is 1300. The molecule has 2 atom stereocenters. The Labute approximate surface area is 246 Å². The Morgan fingerprint density at radius 1 is 0.833 bits per heavy atom. The molecule has 1 fully saturated rings. The average molecular weight is 575 g/mol. The highest BCUT2D eigenvalue weighted by Crippen LogP contribution is 2.42. The van der Waals surface area contributed by atoms with Gasteiger partial charge < -0.3 is 29.2 Å². The van der Waals surface area contributed by atoms with Gasteiger partial charge in [-0.05, 0) is 41.0 Å². The van der Waals surface area contributed by atoms with Crippen molar-refractivity contribution in [3.8, 4) is 11.5 Å². The first-order chi connectivity index (χ1) is 20.3. The van der Waals surface area contributed by atoms with E-state index in [4.69, 9.17) is 18.9 Å². The maximum atomic E-state index is 12.7. The third-order valence-electron chi connectivity index (χ3n) is 7.58. The molecule has 1 aliphatic rings. The van der Waals surface area contributed by atoms with Crippen LogP contribution in [0.25, 0.3) is 0 Å². The number of hydrogen-bond acceptors (Lipinski definition) is 7. The topological polar surface area (TPSA) is 103 Å². The lowest BCUT2D eigenvalue weighted by atomic mass is 9.80. The van der Waals surface area contributed by atoms with Gasteiger partial charge in [0.05, 0.1) is 39.8 Å². The summed E-state index contributed by atoms with van der Waals surface area (Å²) >= 11 is 0. The fourth-order valence-electron chi connectivity index (χ4n) is 5.38. The Kier molecular flexibility index (Phi) is 10.2. The van der Waals surface area contributed by atoms with Crippen LogP contribution in [0.1, 0.15) is 42.9 Å². The maximum absolute atomic E-state index is 12.7. The lowest BCUT2D eigenvalue weighted by Gasteiger charge is -2.37. The van der Waals surface area contributed by atoms with Crippen LogP contribution < -0.4 is 14.8 Å². The highest BCUT2D eigenvalue weighted by atomic mass is 16.5. The van der Waals surface area contributed by atoms with E-state index >= 15 is 0 Å². The van der Waals surface area contributed by atoms with E-state index in [1.165, 1.54) is 14.0 Å². The number of benzene rings is 3. The molecule has 1 saturated heterocycles. The zero-order chi connectivity index (χ0) is 30.1. The zero-order valence-electron chi connectivity index (χ0n) is 24.5. The van der Waals surface area contributed by atoms with E-state index in [2.05, 4.69) is 5.32 Å². The van der Waals surface area contributed by atoms with Crippen LogP contribution >= 0.6 is 0 Å². The van der Waals surface area contributed by atoms with Crippen molar-refractivity contribution < 1.29 is 33.3 Å². The summed E-state index contributed by atoms with van der Waals surface area (Å²) in [5.41, 5.74) is 1.63. The summed E-state index contributed by atoms with van der Waals surface area (Å²) in [7, 11) is 4.77. The maximum Gasteiger partial charge on any atom is 0.306 e. The molecule has 0 spiro atoms. The number of carbonyl (C=O) groups is 3. The number of ether oxygens (including phenoxy) is 4. The van der Waals surface area contributed by atoms with Gasteiger partial charge in [-0.15, -0.1) is 0 Å².